The molecule has 0 aliphatic rings. The first-order valence-corrected chi connectivity index (χ1v) is 8.51. The van der Waals surface area contributed by atoms with E-state index in [-0.39, 0.29) is 17.7 Å². The zero-order chi connectivity index (χ0) is 16.9. The maximum Gasteiger partial charge on any atom is 0.284 e. The molecule has 0 spiro atoms. The summed E-state index contributed by atoms with van der Waals surface area (Å²) in [6, 6.07) is 13.1. The number of carbonyl (C=O) groups excluding carboxylic acids is 1. The average Bonchev–Trinajstić information content (AvgIpc) is 3.25. The molecule has 1 amide bonds. The first kappa shape index (κ1) is 16.3. The Labute approximate surface area is 143 Å². The number of hydrogen-bond donors (Lipinski definition) is 0. The highest BCUT2D eigenvalue weighted by atomic mass is 32.2. The molecule has 0 N–H and O–H groups in total. The molecule has 7 heteroatoms. The molecule has 6 nitrogen and oxygen atoms in total. The van der Waals surface area contributed by atoms with E-state index in [0.717, 1.165) is 5.69 Å². The minimum Gasteiger partial charge on any atom is -0.459 e. The maximum atomic E-state index is 12.6. The molecule has 24 heavy (non-hydrogen) atoms. The SMILES string of the molecule is CC(C)N(C(=O)CSc1nnc(-c2ccco2)o1)c1ccccc1. The van der Waals surface area contributed by atoms with E-state index in [9.17, 15) is 4.79 Å². The minimum atomic E-state index is -0.0149. The van der Waals surface area contributed by atoms with E-state index in [0.29, 0.717) is 16.9 Å². The third kappa shape index (κ3) is 3.68. The van der Waals surface area contributed by atoms with Crippen molar-refractivity contribution in [3.8, 4) is 11.7 Å². The highest BCUT2D eigenvalue weighted by Gasteiger charge is 2.20. The first-order chi connectivity index (χ1) is 11.6. The fourth-order valence-corrected chi connectivity index (χ4v) is 2.90. The van der Waals surface area contributed by atoms with Gasteiger partial charge < -0.3 is 13.7 Å². The van der Waals surface area contributed by atoms with Gasteiger partial charge in [0.05, 0.1) is 12.0 Å². The van der Waals surface area contributed by atoms with Gasteiger partial charge in [-0.05, 0) is 38.1 Å². The summed E-state index contributed by atoms with van der Waals surface area (Å²) in [5.74, 6) is 1.01. The summed E-state index contributed by atoms with van der Waals surface area (Å²) in [6.07, 6.45) is 1.54. The quantitative estimate of drug-likeness (QED) is 0.633. The Balaban J connectivity index is 1.66. The number of furan rings is 1. The van der Waals surface area contributed by atoms with Crippen LogP contribution in [0.15, 0.2) is 62.8 Å². The standard InChI is InChI=1S/C17H17N3O3S/c1-12(2)20(13-7-4-3-5-8-13)15(21)11-24-17-19-18-16(23-17)14-9-6-10-22-14/h3-10,12H,11H2,1-2H3. The Hall–Kier alpha value is -2.54. The molecule has 0 atom stereocenters. The predicted octanol–water partition coefficient (Wildman–Crippen LogP) is 3.86. The number of anilines is 1. The number of para-hydroxylation sites is 1. The molecule has 0 aliphatic carbocycles. The Morgan fingerprint density at radius 3 is 2.62 bits per heavy atom. The van der Waals surface area contributed by atoms with Crippen molar-refractivity contribution < 1.29 is 13.6 Å². The van der Waals surface area contributed by atoms with Crippen LogP contribution in [0.4, 0.5) is 5.69 Å². The number of thioether (sulfide) groups is 1. The Morgan fingerprint density at radius 1 is 1.17 bits per heavy atom. The summed E-state index contributed by atoms with van der Waals surface area (Å²) in [7, 11) is 0. The molecule has 0 bridgehead atoms. The number of benzene rings is 1. The summed E-state index contributed by atoms with van der Waals surface area (Å²) < 4.78 is 10.7. The van der Waals surface area contributed by atoms with E-state index in [1.165, 1.54) is 18.0 Å². The zero-order valence-electron chi connectivity index (χ0n) is 13.4. The lowest BCUT2D eigenvalue weighted by molar-refractivity contribution is -0.116. The number of carbonyl (C=O) groups is 1. The lowest BCUT2D eigenvalue weighted by Crippen LogP contribution is -2.38. The van der Waals surface area contributed by atoms with Gasteiger partial charge in [0.2, 0.25) is 5.91 Å². The molecule has 2 aromatic heterocycles. The fourth-order valence-electron chi connectivity index (χ4n) is 2.28. The van der Waals surface area contributed by atoms with Crippen LogP contribution < -0.4 is 4.90 Å². The van der Waals surface area contributed by atoms with Crippen molar-refractivity contribution in [2.24, 2.45) is 0 Å². The van der Waals surface area contributed by atoms with Gasteiger partial charge >= 0.3 is 0 Å². The predicted molar refractivity (Wildman–Crippen MR) is 91.8 cm³/mol. The zero-order valence-corrected chi connectivity index (χ0v) is 14.2. The number of amides is 1. The third-order valence-electron chi connectivity index (χ3n) is 3.28. The van der Waals surface area contributed by atoms with Crippen LogP contribution in [0.3, 0.4) is 0 Å². The highest BCUT2D eigenvalue weighted by Crippen LogP contribution is 2.25. The largest absolute Gasteiger partial charge is 0.459 e. The number of rotatable bonds is 6. The van der Waals surface area contributed by atoms with Crippen LogP contribution in [0.1, 0.15) is 13.8 Å². The normalized spacial score (nSPS) is 11.0. The number of hydrogen-bond acceptors (Lipinski definition) is 6. The van der Waals surface area contributed by atoms with Gasteiger partial charge in [0.15, 0.2) is 5.76 Å². The molecule has 0 unspecified atom stereocenters. The molecule has 124 valence electrons. The van der Waals surface area contributed by atoms with Crippen molar-refractivity contribution in [3.63, 3.8) is 0 Å². The Bertz CT molecular complexity index is 785. The maximum absolute atomic E-state index is 12.6. The van der Waals surface area contributed by atoms with Crippen LogP contribution in [0.2, 0.25) is 0 Å². The van der Waals surface area contributed by atoms with Gasteiger partial charge in [0.25, 0.3) is 11.1 Å². The number of aromatic nitrogens is 2. The summed E-state index contributed by atoms with van der Waals surface area (Å²) in [5, 5.41) is 8.19. The van der Waals surface area contributed by atoms with Crippen molar-refractivity contribution in [1.82, 2.24) is 10.2 Å². The molecular formula is C17H17N3O3S. The van der Waals surface area contributed by atoms with Crippen LogP contribution >= 0.6 is 11.8 Å². The minimum absolute atomic E-state index is 0.0149. The molecule has 3 rings (SSSR count). The van der Waals surface area contributed by atoms with E-state index in [1.54, 1.807) is 17.0 Å². The van der Waals surface area contributed by atoms with Crippen molar-refractivity contribution >= 4 is 23.4 Å². The van der Waals surface area contributed by atoms with Crippen LogP contribution in [0.5, 0.6) is 0 Å². The third-order valence-corrected chi connectivity index (χ3v) is 4.08. The number of nitrogens with zero attached hydrogens (tertiary/aromatic N) is 3. The molecule has 0 radical (unpaired) electrons. The van der Waals surface area contributed by atoms with E-state index < -0.39 is 0 Å². The lowest BCUT2D eigenvalue weighted by Gasteiger charge is -2.26. The van der Waals surface area contributed by atoms with E-state index >= 15 is 0 Å². The van der Waals surface area contributed by atoms with Crippen LogP contribution in [-0.4, -0.2) is 27.9 Å². The molecule has 3 aromatic rings. The molecule has 1 aromatic carbocycles. The molecule has 0 saturated carbocycles. The monoisotopic (exact) mass is 343 g/mol. The highest BCUT2D eigenvalue weighted by molar-refractivity contribution is 7.99. The second kappa shape index (κ2) is 7.35. The van der Waals surface area contributed by atoms with E-state index in [1.807, 2.05) is 44.2 Å². The van der Waals surface area contributed by atoms with Crippen LogP contribution in [0.25, 0.3) is 11.7 Å². The van der Waals surface area contributed by atoms with Gasteiger partial charge in [0, 0.05) is 11.7 Å². The Kier molecular flexibility index (Phi) is 5.00. The summed E-state index contributed by atoms with van der Waals surface area (Å²) >= 11 is 1.21. The van der Waals surface area contributed by atoms with Crippen molar-refractivity contribution in [1.29, 1.82) is 0 Å². The van der Waals surface area contributed by atoms with Crippen molar-refractivity contribution in [2.45, 2.75) is 25.1 Å². The lowest BCUT2D eigenvalue weighted by atomic mass is 10.2. The molecule has 0 aliphatic heterocycles. The topological polar surface area (TPSA) is 72.4 Å². The summed E-state index contributed by atoms with van der Waals surface area (Å²) in [4.78, 5) is 14.4. The van der Waals surface area contributed by atoms with Crippen LogP contribution in [-0.2, 0) is 4.79 Å². The average molecular weight is 343 g/mol. The molecule has 2 heterocycles. The van der Waals surface area contributed by atoms with Crippen molar-refractivity contribution in [3.05, 3.63) is 48.7 Å². The van der Waals surface area contributed by atoms with Gasteiger partial charge in [0.1, 0.15) is 0 Å². The first-order valence-electron chi connectivity index (χ1n) is 7.52. The van der Waals surface area contributed by atoms with Crippen LogP contribution in [0, 0.1) is 0 Å². The van der Waals surface area contributed by atoms with Gasteiger partial charge in [-0.3, -0.25) is 4.79 Å². The van der Waals surface area contributed by atoms with Crippen molar-refractivity contribution in [2.75, 3.05) is 10.7 Å². The van der Waals surface area contributed by atoms with Gasteiger partial charge in [-0.15, -0.1) is 10.2 Å². The van der Waals surface area contributed by atoms with Gasteiger partial charge in [-0.1, -0.05) is 30.0 Å². The Morgan fingerprint density at radius 2 is 1.96 bits per heavy atom. The molecular weight excluding hydrogens is 326 g/mol. The van der Waals surface area contributed by atoms with E-state index in [2.05, 4.69) is 10.2 Å². The fraction of sp³-hybridized carbons (Fsp3) is 0.235. The molecule has 0 fully saturated rings. The molecule has 0 saturated heterocycles. The summed E-state index contributed by atoms with van der Waals surface area (Å²) in [6.45, 7) is 3.97. The summed E-state index contributed by atoms with van der Waals surface area (Å²) in [5.41, 5.74) is 0.875. The van der Waals surface area contributed by atoms with Gasteiger partial charge in [-0.2, -0.15) is 0 Å². The second-order valence-corrected chi connectivity index (χ2v) is 6.26. The second-order valence-electron chi connectivity index (χ2n) is 5.33. The smallest absolute Gasteiger partial charge is 0.284 e. The van der Waals surface area contributed by atoms with Gasteiger partial charge in [-0.25, -0.2) is 0 Å². The van der Waals surface area contributed by atoms with E-state index in [4.69, 9.17) is 8.83 Å².